The minimum atomic E-state index is -0.807. The quantitative estimate of drug-likeness (QED) is 0.261. The van der Waals surface area contributed by atoms with Gasteiger partial charge in [-0.15, -0.1) is 0 Å². The predicted octanol–water partition coefficient (Wildman–Crippen LogP) is 3.83. The van der Waals surface area contributed by atoms with Crippen LogP contribution in [0.3, 0.4) is 0 Å². The van der Waals surface area contributed by atoms with Crippen molar-refractivity contribution in [2.45, 2.75) is 31.4 Å². The van der Waals surface area contributed by atoms with Crippen LogP contribution in [0.15, 0.2) is 77.9 Å². The molecule has 0 spiro atoms. The second-order valence-corrected chi connectivity index (χ2v) is 9.67. The van der Waals surface area contributed by atoms with Crippen LogP contribution in [0.5, 0.6) is 0 Å². The molecule has 3 atom stereocenters. The monoisotopic (exact) mass is 507 g/mol. The zero-order valence-electron chi connectivity index (χ0n) is 20.3. The van der Waals surface area contributed by atoms with Crippen LogP contribution in [0.25, 0.3) is 43.5 Å². The van der Waals surface area contributed by atoms with Crippen LogP contribution in [-0.4, -0.2) is 48.5 Å². The fraction of sp³-hybridized carbons (Fsp3) is 0.207. The number of hydrogen-bond donors (Lipinski definition) is 4. The van der Waals surface area contributed by atoms with Crippen LogP contribution >= 0.6 is 0 Å². The van der Waals surface area contributed by atoms with E-state index in [1.165, 1.54) is 17.1 Å². The lowest BCUT2D eigenvalue weighted by atomic mass is 9.93. The number of fused-ring (bicyclic) bond motifs is 6. The number of anilines is 1. The van der Waals surface area contributed by atoms with Crippen LogP contribution in [0.2, 0.25) is 0 Å². The molecule has 2 aromatic heterocycles. The maximum Gasteiger partial charge on any atom is 0.280 e. The average molecular weight is 508 g/mol. The molecule has 4 aromatic carbocycles. The third-order valence-electron chi connectivity index (χ3n) is 7.40. The van der Waals surface area contributed by atoms with E-state index in [1.807, 2.05) is 18.2 Å². The predicted molar refractivity (Wildman–Crippen MR) is 146 cm³/mol. The third-order valence-corrected chi connectivity index (χ3v) is 7.40. The lowest BCUT2D eigenvalue weighted by Gasteiger charge is -2.15. The van der Waals surface area contributed by atoms with E-state index in [9.17, 15) is 15.0 Å². The molecule has 3 heterocycles. The molecule has 0 unspecified atom stereocenters. The third kappa shape index (κ3) is 3.63. The zero-order chi connectivity index (χ0) is 25.8. The van der Waals surface area contributed by atoms with Gasteiger partial charge in [-0.05, 0) is 43.9 Å². The fourth-order valence-corrected chi connectivity index (χ4v) is 5.56. The smallest absolute Gasteiger partial charge is 0.280 e. The molecule has 1 aliphatic heterocycles. The molecule has 0 saturated carbocycles. The molecule has 6 aromatic rings. The molecule has 1 saturated heterocycles. The Kier molecular flexibility index (Phi) is 5.36. The average Bonchev–Trinajstić information content (AvgIpc) is 3.54. The van der Waals surface area contributed by atoms with Crippen molar-refractivity contribution < 1.29 is 14.9 Å². The Balaban J connectivity index is 1.30. The Hall–Kier alpha value is -4.31. The topological polar surface area (TPSA) is 125 Å². The Bertz CT molecular complexity index is 1900. The molecule has 0 bridgehead atoms. The number of aromatic nitrogens is 4. The Labute approximate surface area is 216 Å². The molecule has 0 aliphatic carbocycles. The Morgan fingerprint density at radius 3 is 2.63 bits per heavy atom. The fourth-order valence-electron chi connectivity index (χ4n) is 5.56. The van der Waals surface area contributed by atoms with Crippen molar-refractivity contribution in [3.8, 4) is 0 Å². The summed E-state index contributed by atoms with van der Waals surface area (Å²) in [6.45, 7) is 0.142. The van der Waals surface area contributed by atoms with E-state index in [0.717, 1.165) is 27.1 Å². The summed E-state index contributed by atoms with van der Waals surface area (Å²) in [5, 5.41) is 29.9. The Morgan fingerprint density at radius 1 is 1.03 bits per heavy atom. The van der Waals surface area contributed by atoms with Gasteiger partial charge < -0.3 is 20.3 Å². The van der Waals surface area contributed by atoms with Crippen molar-refractivity contribution >= 4 is 49.4 Å². The molecular formula is C29H25N5O4. The summed E-state index contributed by atoms with van der Waals surface area (Å²) in [5.41, 5.74) is 1.24. The summed E-state index contributed by atoms with van der Waals surface area (Å²) >= 11 is 0. The summed E-state index contributed by atoms with van der Waals surface area (Å²) in [5.74, 6) is 0.308. The van der Waals surface area contributed by atoms with Gasteiger partial charge >= 0.3 is 0 Å². The van der Waals surface area contributed by atoms with Gasteiger partial charge in [-0.25, -0.2) is 4.98 Å². The summed E-state index contributed by atoms with van der Waals surface area (Å²) in [4.78, 5) is 24.5. The number of nitrogens with one attached hydrogen (secondary N) is 2. The van der Waals surface area contributed by atoms with Gasteiger partial charge in [0.1, 0.15) is 12.3 Å². The number of benzene rings is 4. The lowest BCUT2D eigenvalue weighted by Crippen LogP contribution is -2.24. The molecule has 7 rings (SSSR count). The number of rotatable bonds is 5. The first kappa shape index (κ1) is 22.9. The number of aliphatic hydroxyl groups excluding tert-OH is 2. The van der Waals surface area contributed by atoms with E-state index in [1.54, 1.807) is 4.57 Å². The molecule has 190 valence electrons. The van der Waals surface area contributed by atoms with E-state index in [2.05, 4.69) is 68.8 Å². The van der Waals surface area contributed by atoms with Crippen molar-refractivity contribution in [3.63, 3.8) is 0 Å². The highest BCUT2D eigenvalue weighted by molar-refractivity contribution is 6.18. The molecule has 1 fully saturated rings. The van der Waals surface area contributed by atoms with Gasteiger partial charge in [-0.2, -0.15) is 4.98 Å². The number of aromatic amines is 1. The van der Waals surface area contributed by atoms with E-state index in [-0.39, 0.29) is 24.1 Å². The molecule has 4 N–H and O–H groups in total. The van der Waals surface area contributed by atoms with Gasteiger partial charge in [0.2, 0.25) is 5.95 Å². The van der Waals surface area contributed by atoms with Crippen LogP contribution in [0.1, 0.15) is 18.2 Å². The minimum absolute atomic E-state index is 0.184. The van der Waals surface area contributed by atoms with Crippen LogP contribution < -0.4 is 10.9 Å². The minimum Gasteiger partial charge on any atom is -0.394 e. The molecular weight excluding hydrogens is 482 g/mol. The SMILES string of the molecule is O=c1[nH]c(NCc2cc3ccccc3c3ccc4ccccc4c23)nc2c1ncn2[C@H]1C[C@H](O)[C@@H](CO)O1. The second kappa shape index (κ2) is 8.91. The molecule has 9 heteroatoms. The van der Waals surface area contributed by atoms with Crippen molar-refractivity contribution in [1.82, 2.24) is 19.5 Å². The van der Waals surface area contributed by atoms with Crippen LogP contribution in [0, 0.1) is 0 Å². The molecule has 9 nitrogen and oxygen atoms in total. The summed E-state index contributed by atoms with van der Waals surface area (Å²) in [7, 11) is 0. The highest BCUT2D eigenvalue weighted by Gasteiger charge is 2.35. The first-order chi connectivity index (χ1) is 18.6. The van der Waals surface area contributed by atoms with E-state index in [4.69, 9.17) is 4.74 Å². The normalized spacial score (nSPS) is 19.7. The maximum atomic E-state index is 12.8. The Morgan fingerprint density at radius 2 is 1.82 bits per heavy atom. The van der Waals surface area contributed by atoms with Crippen molar-refractivity contribution in [1.29, 1.82) is 0 Å². The van der Waals surface area contributed by atoms with Gasteiger partial charge in [0.25, 0.3) is 5.56 Å². The largest absolute Gasteiger partial charge is 0.394 e. The van der Waals surface area contributed by atoms with Gasteiger partial charge in [-0.3, -0.25) is 14.3 Å². The standard InChI is InChI=1S/C29H25N5O4/c35-14-23-22(36)12-24(38-23)34-15-31-26-27(34)32-29(33-28(26)37)30-13-18-11-17-6-2-3-7-19(17)21-10-9-16-5-1-4-8-20(16)25(18)21/h1-11,15,22-24,35-36H,12-14H2,(H2,30,32,33,37)/t22-,23+,24+/m0/s1. The number of imidazole rings is 1. The van der Waals surface area contributed by atoms with Crippen LogP contribution in [0.4, 0.5) is 5.95 Å². The van der Waals surface area contributed by atoms with Gasteiger partial charge in [-0.1, -0.05) is 60.7 Å². The van der Waals surface area contributed by atoms with Crippen molar-refractivity contribution in [2.24, 2.45) is 0 Å². The second-order valence-electron chi connectivity index (χ2n) is 9.67. The van der Waals surface area contributed by atoms with E-state index in [0.29, 0.717) is 18.1 Å². The zero-order valence-corrected chi connectivity index (χ0v) is 20.3. The highest BCUT2D eigenvalue weighted by atomic mass is 16.5. The number of aliphatic hydroxyl groups is 2. The van der Waals surface area contributed by atoms with E-state index < -0.39 is 18.4 Å². The van der Waals surface area contributed by atoms with Crippen molar-refractivity contribution in [3.05, 3.63) is 89.0 Å². The van der Waals surface area contributed by atoms with Gasteiger partial charge in [0.05, 0.1) is 19.0 Å². The highest BCUT2D eigenvalue weighted by Crippen LogP contribution is 2.35. The van der Waals surface area contributed by atoms with E-state index >= 15 is 0 Å². The number of hydrogen-bond acceptors (Lipinski definition) is 7. The summed E-state index contributed by atoms with van der Waals surface area (Å²) < 4.78 is 7.40. The van der Waals surface area contributed by atoms with Crippen molar-refractivity contribution in [2.75, 3.05) is 11.9 Å². The van der Waals surface area contributed by atoms with Crippen LogP contribution in [-0.2, 0) is 11.3 Å². The molecule has 1 aliphatic rings. The first-order valence-electron chi connectivity index (χ1n) is 12.6. The molecule has 0 amide bonds. The number of H-pyrrole nitrogens is 1. The molecule has 0 radical (unpaired) electrons. The summed E-state index contributed by atoms with van der Waals surface area (Å²) in [6, 6.07) is 23.2. The maximum absolute atomic E-state index is 12.8. The summed E-state index contributed by atoms with van der Waals surface area (Å²) in [6.07, 6.45) is -0.322. The van der Waals surface area contributed by atoms with Gasteiger partial charge in [0.15, 0.2) is 11.2 Å². The first-order valence-corrected chi connectivity index (χ1v) is 12.6. The van der Waals surface area contributed by atoms with Gasteiger partial charge in [0, 0.05) is 13.0 Å². The number of ether oxygens (including phenoxy) is 1. The number of nitrogens with zero attached hydrogens (tertiary/aromatic N) is 3. The lowest BCUT2D eigenvalue weighted by molar-refractivity contribution is -0.0432. The molecule has 38 heavy (non-hydrogen) atoms.